The zero-order valence-electron chi connectivity index (χ0n) is 10.8. The van der Waals surface area contributed by atoms with Crippen LogP contribution < -0.4 is 5.73 Å². The topological polar surface area (TPSA) is 55.6 Å². The smallest absolute Gasteiger partial charge is 0.327 e. The molecule has 1 aliphatic heterocycles. The van der Waals surface area contributed by atoms with E-state index >= 15 is 0 Å². The molecular weight excluding hydrogens is 228 g/mol. The molecule has 1 heterocycles. The van der Waals surface area contributed by atoms with E-state index in [9.17, 15) is 4.79 Å². The van der Waals surface area contributed by atoms with E-state index in [0.717, 1.165) is 19.5 Å². The number of likely N-dealkylation sites (tertiary alicyclic amines) is 1. The Kier molecular flexibility index (Phi) is 3.99. The summed E-state index contributed by atoms with van der Waals surface area (Å²) in [7, 11) is 1.40. The number of hydrogen-bond acceptors (Lipinski definition) is 4. The molecule has 0 radical (unpaired) electrons. The van der Waals surface area contributed by atoms with Crippen molar-refractivity contribution in [2.75, 3.05) is 20.2 Å². The fourth-order valence-electron chi connectivity index (χ4n) is 2.52. The fraction of sp³-hybridized carbons (Fsp3) is 0.500. The molecular formula is C14H20N2O2. The highest BCUT2D eigenvalue weighted by Crippen LogP contribution is 2.21. The van der Waals surface area contributed by atoms with Crippen LogP contribution in [-0.2, 0) is 16.1 Å². The Labute approximate surface area is 108 Å². The molecule has 1 fully saturated rings. The van der Waals surface area contributed by atoms with Gasteiger partial charge in [0.05, 0.1) is 7.11 Å². The largest absolute Gasteiger partial charge is 0.468 e. The van der Waals surface area contributed by atoms with Crippen LogP contribution in [0.5, 0.6) is 0 Å². The van der Waals surface area contributed by atoms with Gasteiger partial charge in [-0.2, -0.15) is 0 Å². The van der Waals surface area contributed by atoms with Crippen LogP contribution in [0.2, 0.25) is 0 Å². The maximum Gasteiger partial charge on any atom is 0.327 e. The molecule has 1 atom stereocenters. The molecule has 0 bridgehead atoms. The number of carbonyl (C=O) groups is 1. The zero-order chi connectivity index (χ0) is 13.0. The van der Waals surface area contributed by atoms with E-state index in [1.807, 2.05) is 18.2 Å². The van der Waals surface area contributed by atoms with Crippen molar-refractivity contribution in [3.63, 3.8) is 0 Å². The third-order valence-electron chi connectivity index (χ3n) is 3.44. The van der Waals surface area contributed by atoms with Crippen molar-refractivity contribution >= 4 is 5.97 Å². The van der Waals surface area contributed by atoms with Gasteiger partial charge in [0, 0.05) is 13.1 Å². The number of nitrogens with two attached hydrogens (primary N) is 1. The van der Waals surface area contributed by atoms with Gasteiger partial charge in [0.2, 0.25) is 0 Å². The Morgan fingerprint density at radius 1 is 1.44 bits per heavy atom. The predicted molar refractivity (Wildman–Crippen MR) is 69.9 cm³/mol. The number of piperidine rings is 1. The summed E-state index contributed by atoms with van der Waals surface area (Å²) in [5.41, 5.74) is 6.54. The highest BCUT2D eigenvalue weighted by atomic mass is 16.5. The lowest BCUT2D eigenvalue weighted by molar-refractivity contribution is -0.149. The number of methoxy groups -OCH3 is 1. The molecule has 0 unspecified atom stereocenters. The zero-order valence-corrected chi connectivity index (χ0v) is 10.8. The molecule has 1 aromatic carbocycles. The standard InChI is InChI=1S/C14H20N2O2/c1-18-13(17)14(15)8-5-9-16(11-14)10-12-6-3-2-4-7-12/h2-4,6-7H,5,8-11,15H2,1H3/t14-/m1/s1. The molecule has 0 aliphatic carbocycles. The maximum absolute atomic E-state index is 11.7. The number of hydrogen-bond donors (Lipinski definition) is 1. The van der Waals surface area contributed by atoms with Crippen molar-refractivity contribution in [3.05, 3.63) is 35.9 Å². The van der Waals surface area contributed by atoms with Gasteiger partial charge in [-0.25, -0.2) is 0 Å². The number of carbonyl (C=O) groups excluding carboxylic acids is 1. The Balaban J connectivity index is 2.01. The first-order chi connectivity index (χ1) is 8.64. The monoisotopic (exact) mass is 248 g/mol. The molecule has 1 aromatic rings. The number of nitrogens with zero attached hydrogens (tertiary/aromatic N) is 1. The summed E-state index contributed by atoms with van der Waals surface area (Å²) < 4.78 is 4.80. The summed E-state index contributed by atoms with van der Waals surface area (Å²) in [5.74, 6) is -0.305. The molecule has 1 saturated heterocycles. The maximum atomic E-state index is 11.7. The van der Waals surface area contributed by atoms with Crippen LogP contribution >= 0.6 is 0 Å². The quantitative estimate of drug-likeness (QED) is 0.815. The van der Waals surface area contributed by atoms with Crippen molar-refractivity contribution in [1.29, 1.82) is 0 Å². The lowest BCUT2D eigenvalue weighted by Crippen LogP contribution is -2.59. The van der Waals surface area contributed by atoms with Crippen LogP contribution in [0.15, 0.2) is 30.3 Å². The van der Waals surface area contributed by atoms with Crippen LogP contribution in [0.25, 0.3) is 0 Å². The summed E-state index contributed by atoms with van der Waals surface area (Å²) in [4.78, 5) is 13.9. The molecule has 98 valence electrons. The van der Waals surface area contributed by atoms with Crippen molar-refractivity contribution < 1.29 is 9.53 Å². The molecule has 18 heavy (non-hydrogen) atoms. The van der Waals surface area contributed by atoms with Crippen LogP contribution in [0.3, 0.4) is 0 Å². The van der Waals surface area contributed by atoms with Gasteiger partial charge < -0.3 is 10.5 Å². The molecule has 0 saturated carbocycles. The van der Waals surface area contributed by atoms with Crippen molar-refractivity contribution in [2.45, 2.75) is 24.9 Å². The van der Waals surface area contributed by atoms with Crippen LogP contribution in [-0.4, -0.2) is 36.6 Å². The van der Waals surface area contributed by atoms with E-state index in [-0.39, 0.29) is 5.97 Å². The second-order valence-corrected chi connectivity index (χ2v) is 4.95. The average molecular weight is 248 g/mol. The molecule has 4 heteroatoms. The predicted octanol–water partition coefficient (Wildman–Crippen LogP) is 1.15. The molecule has 0 aromatic heterocycles. The minimum Gasteiger partial charge on any atom is -0.468 e. The van der Waals surface area contributed by atoms with E-state index < -0.39 is 5.54 Å². The Hall–Kier alpha value is -1.39. The van der Waals surface area contributed by atoms with Gasteiger partial charge in [0.15, 0.2) is 0 Å². The summed E-state index contributed by atoms with van der Waals surface area (Å²) in [6, 6.07) is 10.2. The van der Waals surface area contributed by atoms with Crippen molar-refractivity contribution in [2.24, 2.45) is 5.73 Å². The molecule has 4 nitrogen and oxygen atoms in total. The second-order valence-electron chi connectivity index (χ2n) is 4.95. The van der Waals surface area contributed by atoms with Gasteiger partial charge >= 0.3 is 5.97 Å². The van der Waals surface area contributed by atoms with Crippen LogP contribution in [0, 0.1) is 0 Å². The Morgan fingerprint density at radius 3 is 2.83 bits per heavy atom. The Morgan fingerprint density at radius 2 is 2.17 bits per heavy atom. The van der Waals surface area contributed by atoms with Gasteiger partial charge in [-0.15, -0.1) is 0 Å². The molecule has 0 amide bonds. The Bertz CT molecular complexity index is 408. The number of esters is 1. The number of benzene rings is 1. The second kappa shape index (κ2) is 5.50. The van der Waals surface area contributed by atoms with Crippen LogP contribution in [0.1, 0.15) is 18.4 Å². The number of rotatable bonds is 3. The highest BCUT2D eigenvalue weighted by molar-refractivity contribution is 5.80. The first-order valence-corrected chi connectivity index (χ1v) is 6.28. The highest BCUT2D eigenvalue weighted by Gasteiger charge is 2.39. The molecule has 2 rings (SSSR count). The lowest BCUT2D eigenvalue weighted by atomic mass is 9.90. The van der Waals surface area contributed by atoms with E-state index in [0.29, 0.717) is 13.0 Å². The summed E-state index contributed by atoms with van der Waals surface area (Å²) in [6.07, 6.45) is 1.63. The minimum absolute atomic E-state index is 0.305. The fourth-order valence-corrected chi connectivity index (χ4v) is 2.52. The third kappa shape index (κ3) is 2.89. The summed E-state index contributed by atoms with van der Waals surface area (Å²) in [6.45, 7) is 2.37. The van der Waals surface area contributed by atoms with Gasteiger partial charge in [0.25, 0.3) is 0 Å². The first kappa shape index (κ1) is 13.1. The van der Waals surface area contributed by atoms with Gasteiger partial charge in [-0.1, -0.05) is 30.3 Å². The molecule has 0 spiro atoms. The third-order valence-corrected chi connectivity index (χ3v) is 3.44. The van der Waals surface area contributed by atoms with Gasteiger partial charge in [-0.3, -0.25) is 9.69 Å². The molecule has 1 aliphatic rings. The van der Waals surface area contributed by atoms with Gasteiger partial charge in [0.1, 0.15) is 5.54 Å². The minimum atomic E-state index is -0.845. The first-order valence-electron chi connectivity index (χ1n) is 6.28. The molecule has 2 N–H and O–H groups in total. The van der Waals surface area contributed by atoms with E-state index in [2.05, 4.69) is 17.0 Å². The number of ether oxygens (including phenoxy) is 1. The SMILES string of the molecule is COC(=O)[C@@]1(N)CCCN(Cc2ccccc2)C1. The van der Waals surface area contributed by atoms with Crippen LogP contribution in [0.4, 0.5) is 0 Å². The van der Waals surface area contributed by atoms with E-state index in [1.54, 1.807) is 0 Å². The van der Waals surface area contributed by atoms with E-state index in [4.69, 9.17) is 10.5 Å². The lowest BCUT2D eigenvalue weighted by Gasteiger charge is -2.38. The van der Waals surface area contributed by atoms with Crippen molar-refractivity contribution in [3.8, 4) is 0 Å². The average Bonchev–Trinajstić information content (AvgIpc) is 2.39. The normalized spacial score (nSPS) is 24.8. The van der Waals surface area contributed by atoms with E-state index in [1.165, 1.54) is 12.7 Å². The van der Waals surface area contributed by atoms with Crippen molar-refractivity contribution in [1.82, 2.24) is 4.90 Å². The summed E-state index contributed by atoms with van der Waals surface area (Å²) >= 11 is 0. The summed E-state index contributed by atoms with van der Waals surface area (Å²) in [5, 5.41) is 0. The van der Waals surface area contributed by atoms with Gasteiger partial charge in [-0.05, 0) is 24.9 Å².